The summed E-state index contributed by atoms with van der Waals surface area (Å²) in [6.45, 7) is 5.99. The monoisotopic (exact) mass is 612 g/mol. The SMILES string of the molecule is CO[C@@H]1/C=C/[C@@H](C)[C@@H](C)CS(=O)(=O)NC(=O)c2ccc3c(c2)N(C[C@@H]2CC[C@H]21)C[C@@]1(CCCc2cc(Cl)ccc21)CO3. The highest BCUT2D eigenvalue weighted by Crippen LogP contribution is 2.47. The second kappa shape index (κ2) is 11.5. The van der Waals surface area contributed by atoms with E-state index in [1.807, 2.05) is 32.0 Å². The molecule has 1 spiro atoms. The van der Waals surface area contributed by atoms with E-state index >= 15 is 0 Å². The van der Waals surface area contributed by atoms with Gasteiger partial charge in [0.05, 0.1) is 24.2 Å². The van der Waals surface area contributed by atoms with Crippen LogP contribution in [0.4, 0.5) is 5.69 Å². The Balaban J connectivity index is 1.43. The molecule has 2 aliphatic heterocycles. The molecular formula is C33H41ClN2O5S. The van der Waals surface area contributed by atoms with Gasteiger partial charge in [0.2, 0.25) is 10.0 Å². The first-order valence-electron chi connectivity index (χ1n) is 15.1. The smallest absolute Gasteiger partial charge is 0.264 e. The zero-order valence-corrected chi connectivity index (χ0v) is 26.2. The molecule has 42 heavy (non-hydrogen) atoms. The van der Waals surface area contributed by atoms with E-state index in [4.69, 9.17) is 21.1 Å². The van der Waals surface area contributed by atoms with Gasteiger partial charge in [-0.2, -0.15) is 0 Å². The van der Waals surface area contributed by atoms with Crippen molar-refractivity contribution < 1.29 is 22.7 Å². The van der Waals surface area contributed by atoms with E-state index in [9.17, 15) is 13.2 Å². The standard InChI is InChI=1S/C33H41ClN2O5S/c1-21-6-12-30(40-3)27-10-7-25(27)17-36-19-33(14-4-5-23-15-26(34)9-11-28(23)33)20-41-31-13-8-24(16-29(31)36)32(37)35-42(38,39)18-22(21)2/h6,8-9,11-13,15-16,21-22,25,27,30H,4-5,7,10,14,17-20H2,1-3H3,(H,35,37)/b12-6+/t21-,22+,25+,27-,30-,33+/m1/s1. The van der Waals surface area contributed by atoms with Crippen LogP contribution in [0.3, 0.4) is 0 Å². The molecule has 6 rings (SSSR count). The predicted octanol–water partition coefficient (Wildman–Crippen LogP) is 5.76. The lowest BCUT2D eigenvalue weighted by atomic mass is 9.68. The first-order valence-corrected chi connectivity index (χ1v) is 17.2. The summed E-state index contributed by atoms with van der Waals surface area (Å²) in [4.78, 5) is 15.7. The maximum atomic E-state index is 13.3. The van der Waals surface area contributed by atoms with E-state index in [1.54, 1.807) is 13.2 Å². The second-order valence-corrected chi connectivity index (χ2v) is 15.1. The number of aryl methyl sites for hydroxylation is 1. The van der Waals surface area contributed by atoms with Gasteiger partial charge >= 0.3 is 0 Å². The number of carbonyl (C=O) groups excluding carboxylic acids is 1. The number of fused-ring (bicyclic) bond motifs is 4. The third-order valence-electron chi connectivity index (χ3n) is 10.2. The van der Waals surface area contributed by atoms with Crippen molar-refractivity contribution in [3.63, 3.8) is 0 Å². The Kier molecular flexibility index (Phi) is 8.09. The molecule has 1 fully saturated rings. The molecule has 0 saturated heterocycles. The van der Waals surface area contributed by atoms with Crippen molar-refractivity contribution in [2.24, 2.45) is 23.7 Å². The molecule has 2 aromatic carbocycles. The number of carbonyl (C=O) groups is 1. The van der Waals surface area contributed by atoms with Crippen LogP contribution in [0.25, 0.3) is 0 Å². The third-order valence-corrected chi connectivity index (χ3v) is 11.9. The summed E-state index contributed by atoms with van der Waals surface area (Å²) in [5.74, 6) is 0.573. The van der Waals surface area contributed by atoms with Gasteiger partial charge in [-0.1, -0.05) is 43.7 Å². The molecule has 9 heteroatoms. The number of halogens is 1. The molecule has 1 saturated carbocycles. The van der Waals surface area contributed by atoms with Crippen molar-refractivity contribution in [2.75, 3.05) is 37.5 Å². The number of anilines is 1. The molecule has 1 N–H and O–H groups in total. The molecule has 7 nitrogen and oxygen atoms in total. The summed E-state index contributed by atoms with van der Waals surface area (Å²) in [5, 5.41) is 0.749. The lowest BCUT2D eigenvalue weighted by molar-refractivity contribution is 0.0130. The quantitative estimate of drug-likeness (QED) is 0.413. The minimum Gasteiger partial charge on any atom is -0.490 e. The number of ether oxygens (including phenoxy) is 2. The summed E-state index contributed by atoms with van der Waals surface area (Å²) in [6, 6.07) is 11.5. The van der Waals surface area contributed by atoms with Gasteiger partial charge in [-0.3, -0.25) is 4.79 Å². The minimum absolute atomic E-state index is 0.00846. The molecule has 1 amide bonds. The largest absolute Gasteiger partial charge is 0.490 e. The van der Waals surface area contributed by atoms with Crippen LogP contribution in [0.5, 0.6) is 5.75 Å². The van der Waals surface area contributed by atoms with Gasteiger partial charge in [0.25, 0.3) is 5.91 Å². The van der Waals surface area contributed by atoms with Gasteiger partial charge in [-0.05, 0) is 97.2 Å². The summed E-state index contributed by atoms with van der Waals surface area (Å²) >= 11 is 6.40. The molecule has 2 bridgehead atoms. The van der Waals surface area contributed by atoms with Crippen molar-refractivity contribution in [1.29, 1.82) is 0 Å². The first-order chi connectivity index (χ1) is 20.1. The van der Waals surface area contributed by atoms with Crippen LogP contribution in [0.15, 0.2) is 48.6 Å². The molecule has 2 aromatic rings. The number of hydrogen-bond acceptors (Lipinski definition) is 6. The second-order valence-electron chi connectivity index (χ2n) is 12.9. The van der Waals surface area contributed by atoms with E-state index in [2.05, 4.69) is 33.9 Å². The highest BCUT2D eigenvalue weighted by Gasteiger charge is 2.44. The lowest BCUT2D eigenvalue weighted by Gasteiger charge is -2.46. The Labute approximate surface area is 254 Å². The van der Waals surface area contributed by atoms with E-state index in [0.29, 0.717) is 24.0 Å². The maximum absolute atomic E-state index is 13.3. The fourth-order valence-corrected chi connectivity index (χ4v) is 9.08. The maximum Gasteiger partial charge on any atom is 0.264 e. The fraction of sp³-hybridized carbons (Fsp3) is 0.545. The molecule has 0 radical (unpaired) electrons. The topological polar surface area (TPSA) is 84.9 Å². The van der Waals surface area contributed by atoms with Crippen molar-refractivity contribution in [1.82, 2.24) is 4.72 Å². The number of rotatable bonds is 1. The number of sulfonamides is 1. The van der Waals surface area contributed by atoms with Gasteiger partial charge in [0.1, 0.15) is 5.75 Å². The van der Waals surface area contributed by atoms with Crippen LogP contribution < -0.4 is 14.4 Å². The molecule has 0 aromatic heterocycles. The van der Waals surface area contributed by atoms with Gasteiger partial charge < -0.3 is 14.4 Å². The molecule has 0 unspecified atom stereocenters. The van der Waals surface area contributed by atoms with Crippen molar-refractivity contribution in [3.05, 3.63) is 70.3 Å². The highest BCUT2D eigenvalue weighted by molar-refractivity contribution is 7.90. The zero-order valence-electron chi connectivity index (χ0n) is 24.6. The third kappa shape index (κ3) is 5.70. The molecule has 4 aliphatic rings. The molecule has 2 heterocycles. The van der Waals surface area contributed by atoms with E-state index in [1.165, 1.54) is 11.1 Å². The van der Waals surface area contributed by atoms with Crippen LogP contribution >= 0.6 is 11.6 Å². The number of amides is 1. The molecule has 6 atom stereocenters. The fourth-order valence-electron chi connectivity index (χ4n) is 7.40. The predicted molar refractivity (Wildman–Crippen MR) is 166 cm³/mol. The first kappa shape index (κ1) is 29.5. The van der Waals surface area contributed by atoms with E-state index < -0.39 is 15.9 Å². The number of methoxy groups -OCH3 is 1. The lowest BCUT2D eigenvalue weighted by Crippen LogP contribution is -2.49. The average molecular weight is 613 g/mol. The summed E-state index contributed by atoms with van der Waals surface area (Å²) < 4.78 is 40.9. The van der Waals surface area contributed by atoms with Crippen LogP contribution in [0.2, 0.25) is 5.02 Å². The Morgan fingerprint density at radius 1 is 1.12 bits per heavy atom. The van der Waals surface area contributed by atoms with Crippen molar-refractivity contribution >= 4 is 33.2 Å². The van der Waals surface area contributed by atoms with E-state index in [0.717, 1.165) is 61.7 Å². The number of allylic oxidation sites excluding steroid dienone is 1. The van der Waals surface area contributed by atoms with Crippen molar-refractivity contribution in [3.8, 4) is 5.75 Å². The summed E-state index contributed by atoms with van der Waals surface area (Å²) in [5.41, 5.74) is 3.48. The van der Waals surface area contributed by atoms with Crippen molar-refractivity contribution in [2.45, 2.75) is 57.5 Å². The number of hydrogen-bond donors (Lipinski definition) is 1. The highest BCUT2D eigenvalue weighted by atomic mass is 35.5. The van der Waals surface area contributed by atoms with Crippen LogP contribution in [-0.4, -0.2) is 53.0 Å². The van der Waals surface area contributed by atoms with E-state index in [-0.39, 0.29) is 29.1 Å². The average Bonchev–Trinajstić information content (AvgIpc) is 3.08. The number of nitrogens with one attached hydrogen (secondary N) is 1. The Hall–Kier alpha value is -2.55. The summed E-state index contributed by atoms with van der Waals surface area (Å²) in [6.07, 6.45) is 9.38. The Bertz CT molecular complexity index is 1490. The van der Waals surface area contributed by atoms with Crippen LogP contribution in [0, 0.1) is 23.7 Å². The Morgan fingerprint density at radius 3 is 2.71 bits per heavy atom. The normalized spacial score (nSPS) is 33.3. The molecular weight excluding hydrogens is 572 g/mol. The molecule has 2 aliphatic carbocycles. The van der Waals surface area contributed by atoms with Gasteiger partial charge in [0.15, 0.2) is 0 Å². The minimum atomic E-state index is -3.84. The van der Waals surface area contributed by atoms with Crippen LogP contribution in [-0.2, 0) is 26.6 Å². The summed E-state index contributed by atoms with van der Waals surface area (Å²) in [7, 11) is -2.08. The zero-order chi connectivity index (χ0) is 29.6. The van der Waals surface area contributed by atoms with Gasteiger partial charge in [-0.25, -0.2) is 13.1 Å². The Morgan fingerprint density at radius 2 is 1.95 bits per heavy atom. The number of nitrogens with zero attached hydrogens (tertiary/aromatic N) is 1. The van der Waals surface area contributed by atoms with Gasteiger partial charge in [-0.15, -0.1) is 0 Å². The molecule has 226 valence electrons. The van der Waals surface area contributed by atoms with Crippen LogP contribution in [0.1, 0.15) is 61.0 Å². The van der Waals surface area contributed by atoms with Gasteiger partial charge in [0, 0.05) is 36.2 Å². The number of benzene rings is 2.